The van der Waals surface area contributed by atoms with Gasteiger partial charge in [0.2, 0.25) is 0 Å². The van der Waals surface area contributed by atoms with Crippen LogP contribution in [0.25, 0.3) is 11.4 Å². The highest BCUT2D eigenvalue weighted by Gasteiger charge is 2.17. The standard InChI is InChI=1S/C20H22ClN5/c1-14-12-19(25-20(24-14)15-8-10-22-11-9-15)23-13-18(26(2)3)16-6-4-5-7-17(16)21/h4-12,18H,13H2,1-3H3,(H,23,24,25). The lowest BCUT2D eigenvalue weighted by molar-refractivity contribution is 0.312. The number of aromatic nitrogens is 3. The van der Waals surface area contributed by atoms with E-state index in [0.717, 1.165) is 27.7 Å². The van der Waals surface area contributed by atoms with Gasteiger partial charge in [0, 0.05) is 41.3 Å². The molecular formula is C20H22ClN5. The normalized spacial score (nSPS) is 12.2. The molecule has 3 aromatic rings. The zero-order valence-electron chi connectivity index (χ0n) is 15.1. The number of nitrogens with zero attached hydrogens (tertiary/aromatic N) is 4. The average molecular weight is 368 g/mol. The smallest absolute Gasteiger partial charge is 0.161 e. The summed E-state index contributed by atoms with van der Waals surface area (Å²) in [7, 11) is 4.09. The highest BCUT2D eigenvalue weighted by molar-refractivity contribution is 6.31. The number of nitrogens with one attached hydrogen (secondary N) is 1. The minimum atomic E-state index is 0.128. The van der Waals surface area contributed by atoms with Crippen molar-refractivity contribution in [2.75, 3.05) is 26.0 Å². The van der Waals surface area contributed by atoms with Crippen LogP contribution in [0, 0.1) is 6.92 Å². The molecule has 0 bridgehead atoms. The number of aryl methyl sites for hydroxylation is 1. The SMILES string of the molecule is Cc1cc(NCC(c2ccccc2Cl)N(C)C)nc(-c2ccncc2)n1. The number of pyridine rings is 1. The summed E-state index contributed by atoms with van der Waals surface area (Å²) in [6.07, 6.45) is 3.49. The number of hydrogen-bond donors (Lipinski definition) is 1. The molecule has 5 nitrogen and oxygen atoms in total. The minimum Gasteiger partial charge on any atom is -0.368 e. The Morgan fingerprint density at radius 3 is 2.50 bits per heavy atom. The molecule has 0 spiro atoms. The summed E-state index contributed by atoms with van der Waals surface area (Å²) < 4.78 is 0. The fraction of sp³-hybridized carbons (Fsp3) is 0.250. The molecule has 2 aromatic heterocycles. The number of likely N-dealkylation sites (N-methyl/N-ethyl adjacent to an activating group) is 1. The molecule has 0 fully saturated rings. The molecule has 2 heterocycles. The van der Waals surface area contributed by atoms with Crippen LogP contribution in [0.2, 0.25) is 5.02 Å². The lowest BCUT2D eigenvalue weighted by Crippen LogP contribution is -2.27. The molecule has 1 unspecified atom stereocenters. The summed E-state index contributed by atoms with van der Waals surface area (Å²) >= 11 is 6.39. The van der Waals surface area contributed by atoms with Crippen molar-refractivity contribution in [3.05, 3.63) is 71.1 Å². The van der Waals surface area contributed by atoms with Crippen LogP contribution in [-0.2, 0) is 0 Å². The Kier molecular flexibility index (Phi) is 5.81. The van der Waals surface area contributed by atoms with Crippen LogP contribution in [0.3, 0.4) is 0 Å². The third-order valence-electron chi connectivity index (χ3n) is 4.16. The minimum absolute atomic E-state index is 0.128. The van der Waals surface area contributed by atoms with Crippen molar-refractivity contribution in [2.45, 2.75) is 13.0 Å². The molecule has 0 aliphatic carbocycles. The molecule has 3 rings (SSSR count). The molecule has 1 atom stereocenters. The van der Waals surface area contributed by atoms with Gasteiger partial charge in [-0.05, 0) is 44.8 Å². The van der Waals surface area contributed by atoms with Crippen molar-refractivity contribution in [3.63, 3.8) is 0 Å². The number of rotatable bonds is 6. The van der Waals surface area contributed by atoms with Gasteiger partial charge >= 0.3 is 0 Å². The van der Waals surface area contributed by atoms with E-state index in [1.165, 1.54) is 0 Å². The van der Waals surface area contributed by atoms with Gasteiger partial charge in [-0.2, -0.15) is 0 Å². The Balaban J connectivity index is 1.82. The van der Waals surface area contributed by atoms with Gasteiger partial charge in [0.1, 0.15) is 5.82 Å². The zero-order chi connectivity index (χ0) is 18.5. The number of halogens is 1. The van der Waals surface area contributed by atoms with Crippen molar-refractivity contribution >= 4 is 17.4 Å². The summed E-state index contributed by atoms with van der Waals surface area (Å²) in [6.45, 7) is 2.65. The van der Waals surface area contributed by atoms with Crippen LogP contribution in [0.15, 0.2) is 54.9 Å². The Bertz CT molecular complexity index is 867. The van der Waals surface area contributed by atoms with Gasteiger partial charge in [0.25, 0.3) is 0 Å². The van der Waals surface area contributed by atoms with Crippen LogP contribution in [0.4, 0.5) is 5.82 Å². The summed E-state index contributed by atoms with van der Waals surface area (Å²) in [5, 5.41) is 4.20. The van der Waals surface area contributed by atoms with Gasteiger partial charge in [0.05, 0.1) is 6.04 Å². The van der Waals surface area contributed by atoms with Gasteiger partial charge in [-0.25, -0.2) is 9.97 Å². The van der Waals surface area contributed by atoms with Crippen LogP contribution in [0.5, 0.6) is 0 Å². The number of anilines is 1. The lowest BCUT2D eigenvalue weighted by atomic mass is 10.1. The quantitative estimate of drug-likeness (QED) is 0.707. The maximum absolute atomic E-state index is 6.39. The Hall–Kier alpha value is -2.50. The second kappa shape index (κ2) is 8.25. The van der Waals surface area contributed by atoms with Crippen LogP contribution >= 0.6 is 11.6 Å². The molecule has 134 valence electrons. The lowest BCUT2D eigenvalue weighted by Gasteiger charge is -2.26. The predicted molar refractivity (Wildman–Crippen MR) is 106 cm³/mol. The van der Waals surface area contributed by atoms with E-state index < -0.39 is 0 Å². The first-order valence-corrected chi connectivity index (χ1v) is 8.83. The van der Waals surface area contributed by atoms with Gasteiger partial charge in [-0.3, -0.25) is 4.98 Å². The number of hydrogen-bond acceptors (Lipinski definition) is 5. The Labute approximate surface area is 159 Å². The topological polar surface area (TPSA) is 53.9 Å². The third-order valence-corrected chi connectivity index (χ3v) is 4.50. The predicted octanol–water partition coefficient (Wildman–Crippen LogP) is 4.22. The monoisotopic (exact) mass is 367 g/mol. The highest BCUT2D eigenvalue weighted by atomic mass is 35.5. The maximum atomic E-state index is 6.39. The molecule has 1 aromatic carbocycles. The second-order valence-electron chi connectivity index (χ2n) is 6.34. The Morgan fingerprint density at radius 1 is 1.08 bits per heavy atom. The average Bonchev–Trinajstić information content (AvgIpc) is 2.63. The van der Waals surface area contributed by atoms with Crippen LogP contribution in [-0.4, -0.2) is 40.5 Å². The largest absolute Gasteiger partial charge is 0.368 e. The first kappa shape index (κ1) is 18.3. The first-order chi connectivity index (χ1) is 12.5. The van der Waals surface area contributed by atoms with E-state index in [9.17, 15) is 0 Å². The van der Waals surface area contributed by atoms with Crippen LogP contribution < -0.4 is 5.32 Å². The Morgan fingerprint density at radius 2 is 1.81 bits per heavy atom. The van der Waals surface area contributed by atoms with E-state index in [-0.39, 0.29) is 6.04 Å². The summed E-state index contributed by atoms with van der Waals surface area (Å²) in [4.78, 5) is 15.4. The molecule has 0 amide bonds. The van der Waals surface area contributed by atoms with E-state index in [0.29, 0.717) is 12.4 Å². The molecule has 0 radical (unpaired) electrons. The summed E-state index contributed by atoms with van der Waals surface area (Å²) in [5.41, 5.74) is 2.95. The van der Waals surface area contributed by atoms with E-state index >= 15 is 0 Å². The van der Waals surface area contributed by atoms with Gasteiger partial charge in [-0.15, -0.1) is 0 Å². The molecule has 6 heteroatoms. The molecule has 1 N–H and O–H groups in total. The highest BCUT2D eigenvalue weighted by Crippen LogP contribution is 2.26. The van der Waals surface area contributed by atoms with E-state index in [4.69, 9.17) is 11.6 Å². The van der Waals surface area contributed by atoms with Gasteiger partial charge < -0.3 is 10.2 Å². The second-order valence-corrected chi connectivity index (χ2v) is 6.74. The number of benzene rings is 1. The summed E-state index contributed by atoms with van der Waals surface area (Å²) in [5.74, 6) is 1.48. The van der Waals surface area contributed by atoms with Crippen molar-refractivity contribution < 1.29 is 0 Å². The third kappa shape index (κ3) is 4.36. The first-order valence-electron chi connectivity index (χ1n) is 8.45. The molecule has 0 aliphatic rings. The maximum Gasteiger partial charge on any atom is 0.161 e. The molecule has 26 heavy (non-hydrogen) atoms. The fourth-order valence-corrected chi connectivity index (χ4v) is 3.07. The van der Waals surface area contributed by atoms with Crippen molar-refractivity contribution in [3.8, 4) is 11.4 Å². The zero-order valence-corrected chi connectivity index (χ0v) is 15.9. The van der Waals surface area contributed by atoms with E-state index in [1.807, 2.05) is 57.4 Å². The van der Waals surface area contributed by atoms with Gasteiger partial charge in [0.15, 0.2) is 5.82 Å². The van der Waals surface area contributed by atoms with Crippen LogP contribution in [0.1, 0.15) is 17.3 Å². The summed E-state index contributed by atoms with van der Waals surface area (Å²) in [6, 6.07) is 13.8. The fourth-order valence-electron chi connectivity index (χ4n) is 2.81. The molecule has 0 saturated heterocycles. The van der Waals surface area contributed by atoms with Gasteiger partial charge in [-0.1, -0.05) is 29.8 Å². The van der Waals surface area contributed by atoms with Crippen molar-refractivity contribution in [1.82, 2.24) is 19.9 Å². The molecule has 0 saturated carbocycles. The van der Waals surface area contributed by atoms with Crippen molar-refractivity contribution in [1.29, 1.82) is 0 Å². The molecule has 0 aliphatic heterocycles. The van der Waals surface area contributed by atoms with E-state index in [1.54, 1.807) is 12.4 Å². The van der Waals surface area contributed by atoms with E-state index in [2.05, 4.69) is 31.2 Å². The van der Waals surface area contributed by atoms with Crippen molar-refractivity contribution in [2.24, 2.45) is 0 Å². The molecular weight excluding hydrogens is 346 g/mol.